The minimum absolute atomic E-state index is 0.0559. The second kappa shape index (κ2) is 6.16. The number of amides is 1. The summed E-state index contributed by atoms with van der Waals surface area (Å²) in [6, 6.07) is 4.10. The summed E-state index contributed by atoms with van der Waals surface area (Å²) in [6.07, 6.45) is 0. The number of aromatic amines is 1. The van der Waals surface area contributed by atoms with Crippen LogP contribution in [0.2, 0.25) is 0 Å². The second-order valence-corrected chi connectivity index (χ2v) is 3.94. The molecular formula is C12H12F2N4O3. The van der Waals surface area contributed by atoms with Gasteiger partial charge < -0.3 is 14.8 Å². The van der Waals surface area contributed by atoms with E-state index in [1.165, 1.54) is 25.3 Å². The lowest BCUT2D eigenvalue weighted by Gasteiger charge is -2.11. The fourth-order valence-electron chi connectivity index (χ4n) is 1.57. The van der Waals surface area contributed by atoms with E-state index in [1.54, 1.807) is 6.92 Å². The van der Waals surface area contributed by atoms with Gasteiger partial charge in [0.1, 0.15) is 5.82 Å². The first-order chi connectivity index (χ1) is 9.99. The largest absolute Gasteiger partial charge is 0.493 e. The standard InChI is InChI=1S/C12H12F2N4O3/c1-6-15-10(18-17-6)11(19)16-7-3-4-8(20-2)9(5-7)21-12(13)14/h3-5,12H,1-2H3,(H,16,19)(H,15,17,18). The van der Waals surface area contributed by atoms with Crippen molar-refractivity contribution in [3.05, 3.63) is 29.8 Å². The van der Waals surface area contributed by atoms with E-state index in [1.807, 2.05) is 0 Å². The number of methoxy groups -OCH3 is 1. The van der Waals surface area contributed by atoms with Crippen molar-refractivity contribution in [1.82, 2.24) is 15.2 Å². The molecule has 112 valence electrons. The molecular weight excluding hydrogens is 286 g/mol. The summed E-state index contributed by atoms with van der Waals surface area (Å²) in [6.45, 7) is -1.35. The van der Waals surface area contributed by atoms with Crippen molar-refractivity contribution in [3.8, 4) is 11.5 Å². The predicted octanol–water partition coefficient (Wildman–Crippen LogP) is 1.98. The summed E-state index contributed by atoms with van der Waals surface area (Å²) in [7, 11) is 1.32. The molecule has 0 aliphatic carbocycles. The number of nitrogens with one attached hydrogen (secondary N) is 2. The number of aromatic nitrogens is 3. The molecule has 0 fully saturated rings. The Kier molecular flexibility index (Phi) is 4.31. The minimum atomic E-state index is -3.00. The zero-order valence-corrected chi connectivity index (χ0v) is 11.2. The molecule has 0 bridgehead atoms. The second-order valence-electron chi connectivity index (χ2n) is 3.94. The maximum atomic E-state index is 12.3. The number of nitrogens with zero attached hydrogens (tertiary/aromatic N) is 2. The van der Waals surface area contributed by atoms with E-state index < -0.39 is 12.5 Å². The Morgan fingerprint density at radius 2 is 2.14 bits per heavy atom. The number of hydrogen-bond acceptors (Lipinski definition) is 5. The minimum Gasteiger partial charge on any atom is -0.493 e. The molecule has 0 spiro atoms. The van der Waals surface area contributed by atoms with E-state index >= 15 is 0 Å². The van der Waals surface area contributed by atoms with Crippen LogP contribution in [0.4, 0.5) is 14.5 Å². The number of H-pyrrole nitrogens is 1. The Bertz CT molecular complexity index is 645. The van der Waals surface area contributed by atoms with Crippen LogP contribution in [-0.2, 0) is 0 Å². The molecule has 1 aromatic heterocycles. The third kappa shape index (κ3) is 3.65. The van der Waals surface area contributed by atoms with Crippen LogP contribution in [0.3, 0.4) is 0 Å². The number of carbonyl (C=O) groups is 1. The molecule has 7 nitrogen and oxygen atoms in total. The van der Waals surface area contributed by atoms with Gasteiger partial charge in [0.25, 0.3) is 5.91 Å². The molecule has 0 aliphatic heterocycles. The molecule has 2 rings (SSSR count). The van der Waals surface area contributed by atoms with Crippen LogP contribution in [0, 0.1) is 6.92 Å². The molecule has 0 radical (unpaired) electrons. The Morgan fingerprint density at radius 3 is 2.71 bits per heavy atom. The van der Waals surface area contributed by atoms with Crippen molar-refractivity contribution < 1.29 is 23.0 Å². The van der Waals surface area contributed by atoms with Crippen molar-refractivity contribution >= 4 is 11.6 Å². The normalized spacial score (nSPS) is 10.5. The summed E-state index contributed by atoms with van der Waals surface area (Å²) in [5.41, 5.74) is 0.249. The molecule has 0 aliphatic rings. The summed E-state index contributed by atoms with van der Waals surface area (Å²) >= 11 is 0. The van der Waals surface area contributed by atoms with Crippen LogP contribution >= 0.6 is 0 Å². The monoisotopic (exact) mass is 298 g/mol. The highest BCUT2D eigenvalue weighted by Crippen LogP contribution is 2.31. The van der Waals surface area contributed by atoms with Crippen LogP contribution in [-0.4, -0.2) is 34.8 Å². The van der Waals surface area contributed by atoms with Crippen LogP contribution in [0.1, 0.15) is 16.4 Å². The molecule has 1 amide bonds. The third-order valence-electron chi connectivity index (χ3n) is 2.44. The van der Waals surface area contributed by atoms with Gasteiger partial charge in [-0.25, -0.2) is 4.98 Å². The number of rotatable bonds is 5. The quantitative estimate of drug-likeness (QED) is 0.881. The van der Waals surface area contributed by atoms with Gasteiger partial charge in [0, 0.05) is 11.8 Å². The van der Waals surface area contributed by atoms with Gasteiger partial charge >= 0.3 is 6.61 Å². The number of halogens is 2. The summed E-state index contributed by atoms with van der Waals surface area (Å²) < 4.78 is 33.8. The Balaban J connectivity index is 2.18. The van der Waals surface area contributed by atoms with Gasteiger partial charge in [0.15, 0.2) is 11.5 Å². The zero-order chi connectivity index (χ0) is 15.4. The van der Waals surface area contributed by atoms with Gasteiger partial charge in [-0.2, -0.15) is 8.78 Å². The van der Waals surface area contributed by atoms with Crippen LogP contribution in [0.5, 0.6) is 11.5 Å². The van der Waals surface area contributed by atoms with Crippen LogP contribution in [0.15, 0.2) is 18.2 Å². The van der Waals surface area contributed by atoms with Gasteiger partial charge in [-0.3, -0.25) is 9.89 Å². The van der Waals surface area contributed by atoms with E-state index in [-0.39, 0.29) is 23.0 Å². The van der Waals surface area contributed by atoms with Crippen molar-refractivity contribution in [2.45, 2.75) is 13.5 Å². The first-order valence-corrected chi connectivity index (χ1v) is 5.83. The predicted molar refractivity (Wildman–Crippen MR) is 68.7 cm³/mol. The zero-order valence-electron chi connectivity index (χ0n) is 11.2. The van der Waals surface area contributed by atoms with E-state index in [9.17, 15) is 13.6 Å². The number of aryl methyl sites for hydroxylation is 1. The van der Waals surface area contributed by atoms with Crippen LogP contribution in [0.25, 0.3) is 0 Å². The van der Waals surface area contributed by atoms with Crippen molar-refractivity contribution in [2.24, 2.45) is 0 Å². The summed E-state index contributed by atoms with van der Waals surface area (Å²) in [4.78, 5) is 15.7. The van der Waals surface area contributed by atoms with Crippen molar-refractivity contribution in [2.75, 3.05) is 12.4 Å². The number of carbonyl (C=O) groups excluding carboxylic acids is 1. The number of anilines is 1. The number of hydrogen-bond donors (Lipinski definition) is 2. The van der Waals surface area contributed by atoms with Crippen molar-refractivity contribution in [1.29, 1.82) is 0 Å². The maximum absolute atomic E-state index is 12.3. The average molecular weight is 298 g/mol. The molecule has 0 saturated carbocycles. The lowest BCUT2D eigenvalue weighted by Crippen LogP contribution is -2.14. The van der Waals surface area contributed by atoms with Gasteiger partial charge in [-0.15, -0.1) is 5.10 Å². The number of alkyl halides is 2. The Hall–Kier alpha value is -2.71. The molecule has 1 aromatic carbocycles. The lowest BCUT2D eigenvalue weighted by atomic mass is 10.2. The first-order valence-electron chi connectivity index (χ1n) is 5.83. The highest BCUT2D eigenvalue weighted by Gasteiger charge is 2.15. The lowest BCUT2D eigenvalue weighted by molar-refractivity contribution is -0.0511. The van der Waals surface area contributed by atoms with Crippen LogP contribution < -0.4 is 14.8 Å². The molecule has 9 heteroatoms. The Morgan fingerprint density at radius 1 is 1.38 bits per heavy atom. The van der Waals surface area contributed by atoms with Gasteiger partial charge in [0.05, 0.1) is 7.11 Å². The van der Waals surface area contributed by atoms with E-state index in [2.05, 4.69) is 25.2 Å². The smallest absolute Gasteiger partial charge is 0.387 e. The third-order valence-corrected chi connectivity index (χ3v) is 2.44. The fourth-order valence-corrected chi connectivity index (χ4v) is 1.57. The maximum Gasteiger partial charge on any atom is 0.387 e. The molecule has 2 aromatic rings. The summed E-state index contributed by atoms with van der Waals surface area (Å²) in [5, 5.41) is 8.69. The van der Waals surface area contributed by atoms with Gasteiger partial charge in [-0.05, 0) is 19.1 Å². The average Bonchev–Trinajstić information content (AvgIpc) is 2.85. The molecule has 0 atom stereocenters. The highest BCUT2D eigenvalue weighted by molar-refractivity contribution is 6.01. The topological polar surface area (TPSA) is 89.1 Å². The summed E-state index contributed by atoms with van der Waals surface area (Å²) in [5.74, 6) is -0.206. The van der Waals surface area contributed by atoms with Gasteiger partial charge in [-0.1, -0.05) is 0 Å². The number of ether oxygens (including phenoxy) is 2. The van der Waals surface area contributed by atoms with Crippen molar-refractivity contribution in [3.63, 3.8) is 0 Å². The fraction of sp³-hybridized carbons (Fsp3) is 0.250. The SMILES string of the molecule is COc1ccc(NC(=O)c2n[nH]c(C)n2)cc1OC(F)F. The first kappa shape index (κ1) is 14.7. The molecule has 0 saturated heterocycles. The molecule has 2 N–H and O–H groups in total. The molecule has 0 unspecified atom stereocenters. The van der Waals surface area contributed by atoms with E-state index in [0.717, 1.165) is 0 Å². The van der Waals surface area contributed by atoms with Gasteiger partial charge in [0.2, 0.25) is 5.82 Å². The van der Waals surface area contributed by atoms with E-state index in [4.69, 9.17) is 4.74 Å². The highest BCUT2D eigenvalue weighted by atomic mass is 19.3. The van der Waals surface area contributed by atoms with E-state index in [0.29, 0.717) is 5.82 Å². The molecule has 21 heavy (non-hydrogen) atoms. The number of benzene rings is 1. The molecule has 1 heterocycles. The Labute approximate surface area is 118 Å².